The first-order chi connectivity index (χ1) is 8.16. The topological polar surface area (TPSA) is 26.3 Å². The predicted molar refractivity (Wildman–Crippen MR) is 68.4 cm³/mol. The second-order valence-electron chi connectivity index (χ2n) is 3.89. The molecule has 2 rings (SSSR count). The maximum atomic E-state index is 11.9. The van der Waals surface area contributed by atoms with Crippen molar-refractivity contribution in [2.24, 2.45) is 0 Å². The molecule has 0 fully saturated rings. The van der Waals surface area contributed by atoms with Crippen LogP contribution in [0.1, 0.15) is 18.4 Å². The smallest absolute Gasteiger partial charge is 0.201 e. The Morgan fingerprint density at radius 3 is 2.82 bits per heavy atom. The van der Waals surface area contributed by atoms with E-state index in [-0.39, 0.29) is 12.2 Å². The molecular weight excluding hydrogens is 259 g/mol. The van der Waals surface area contributed by atoms with Gasteiger partial charge in [0.2, 0.25) is 5.78 Å². The zero-order chi connectivity index (χ0) is 12.3. The molecule has 0 atom stereocenters. The molecule has 1 aliphatic heterocycles. The van der Waals surface area contributed by atoms with Gasteiger partial charge in [-0.3, -0.25) is 4.79 Å². The average molecular weight is 271 g/mol. The third-order valence-electron chi connectivity index (χ3n) is 2.58. The number of ketones is 1. The van der Waals surface area contributed by atoms with E-state index < -0.39 is 0 Å². The van der Waals surface area contributed by atoms with E-state index in [9.17, 15) is 4.79 Å². The number of Topliss-reactive ketones (excluding diaryl/α,β-unsaturated/α-hetero) is 1. The Morgan fingerprint density at radius 2 is 2.18 bits per heavy atom. The Bertz CT molecular complexity index is 466. The standard InChI is InChI=1S/C13H12Cl2O2/c14-10-5-4-9(11(15)8-10)7-12(16)13-3-1-2-6-17-13/h3-5,8H,1-2,6-7H2. The van der Waals surface area contributed by atoms with Crippen LogP contribution < -0.4 is 0 Å². The van der Waals surface area contributed by atoms with E-state index in [4.69, 9.17) is 27.9 Å². The van der Waals surface area contributed by atoms with Gasteiger partial charge in [-0.15, -0.1) is 0 Å². The first kappa shape index (κ1) is 12.5. The van der Waals surface area contributed by atoms with Crippen LogP contribution in [0, 0.1) is 0 Å². The van der Waals surface area contributed by atoms with Gasteiger partial charge in [0.25, 0.3) is 0 Å². The SMILES string of the molecule is O=C(Cc1ccc(Cl)cc1Cl)C1=CCCCO1. The molecule has 0 spiro atoms. The number of hydrogen-bond donors (Lipinski definition) is 0. The quantitative estimate of drug-likeness (QED) is 0.835. The number of halogens is 2. The fourth-order valence-corrected chi connectivity index (χ4v) is 2.15. The van der Waals surface area contributed by atoms with Crippen molar-refractivity contribution >= 4 is 29.0 Å². The van der Waals surface area contributed by atoms with E-state index in [1.807, 2.05) is 6.08 Å². The number of rotatable bonds is 3. The molecule has 0 N–H and O–H groups in total. The number of allylic oxidation sites excluding steroid dienone is 2. The molecule has 1 aromatic carbocycles. The Kier molecular flexibility index (Phi) is 4.08. The minimum absolute atomic E-state index is 0.0334. The van der Waals surface area contributed by atoms with Crippen LogP contribution in [0.2, 0.25) is 10.0 Å². The Balaban J connectivity index is 2.10. The molecule has 0 saturated heterocycles. The summed E-state index contributed by atoms with van der Waals surface area (Å²) in [5, 5.41) is 1.08. The number of benzene rings is 1. The van der Waals surface area contributed by atoms with Crippen LogP contribution >= 0.6 is 23.2 Å². The molecule has 0 unspecified atom stereocenters. The highest BCUT2D eigenvalue weighted by Gasteiger charge is 2.15. The van der Waals surface area contributed by atoms with Gasteiger partial charge < -0.3 is 4.74 Å². The molecule has 1 aliphatic rings. The normalized spacial score (nSPS) is 15.1. The van der Waals surface area contributed by atoms with E-state index in [2.05, 4.69) is 0 Å². The van der Waals surface area contributed by atoms with E-state index >= 15 is 0 Å². The van der Waals surface area contributed by atoms with Gasteiger partial charge in [-0.25, -0.2) is 0 Å². The van der Waals surface area contributed by atoms with Gasteiger partial charge in [-0.1, -0.05) is 29.3 Å². The van der Waals surface area contributed by atoms with Crippen molar-refractivity contribution in [3.63, 3.8) is 0 Å². The van der Waals surface area contributed by atoms with Gasteiger partial charge in [0.15, 0.2) is 5.76 Å². The second kappa shape index (κ2) is 5.56. The molecule has 0 bridgehead atoms. The lowest BCUT2D eigenvalue weighted by atomic mass is 10.1. The minimum atomic E-state index is -0.0334. The summed E-state index contributed by atoms with van der Waals surface area (Å²) in [4.78, 5) is 11.9. The maximum absolute atomic E-state index is 11.9. The van der Waals surface area contributed by atoms with Crippen molar-refractivity contribution in [2.75, 3.05) is 6.61 Å². The van der Waals surface area contributed by atoms with Crippen molar-refractivity contribution < 1.29 is 9.53 Å². The fraction of sp³-hybridized carbons (Fsp3) is 0.308. The summed E-state index contributed by atoms with van der Waals surface area (Å²) in [5.74, 6) is 0.427. The van der Waals surface area contributed by atoms with Crippen LogP contribution in [0.4, 0.5) is 0 Å². The van der Waals surface area contributed by atoms with Crippen LogP contribution in [0.5, 0.6) is 0 Å². The molecule has 1 aromatic rings. The lowest BCUT2D eigenvalue weighted by Gasteiger charge is -2.14. The highest BCUT2D eigenvalue weighted by Crippen LogP contribution is 2.23. The summed E-state index contributed by atoms with van der Waals surface area (Å²) in [5.41, 5.74) is 0.774. The van der Waals surface area contributed by atoms with E-state index in [1.165, 1.54) is 0 Å². The minimum Gasteiger partial charge on any atom is -0.490 e. The van der Waals surface area contributed by atoms with Crippen molar-refractivity contribution in [3.05, 3.63) is 45.6 Å². The summed E-state index contributed by atoms with van der Waals surface area (Å²) in [6.07, 6.45) is 3.96. The molecular formula is C13H12Cl2O2. The molecule has 4 heteroatoms. The third-order valence-corrected chi connectivity index (χ3v) is 3.16. The summed E-state index contributed by atoms with van der Waals surface area (Å²) in [6, 6.07) is 5.14. The lowest BCUT2D eigenvalue weighted by molar-refractivity contribution is -0.118. The zero-order valence-corrected chi connectivity index (χ0v) is 10.7. The lowest BCUT2D eigenvalue weighted by Crippen LogP contribution is -2.13. The van der Waals surface area contributed by atoms with Crippen molar-refractivity contribution in [1.29, 1.82) is 0 Å². The monoisotopic (exact) mass is 270 g/mol. The summed E-state index contributed by atoms with van der Waals surface area (Å²) >= 11 is 11.8. The van der Waals surface area contributed by atoms with Crippen molar-refractivity contribution in [2.45, 2.75) is 19.3 Å². The third kappa shape index (κ3) is 3.24. The Hall–Kier alpha value is -0.990. The molecule has 17 heavy (non-hydrogen) atoms. The van der Waals surface area contributed by atoms with Gasteiger partial charge in [0, 0.05) is 16.5 Å². The van der Waals surface area contributed by atoms with Crippen molar-refractivity contribution in [1.82, 2.24) is 0 Å². The van der Waals surface area contributed by atoms with Crippen LogP contribution in [-0.4, -0.2) is 12.4 Å². The highest BCUT2D eigenvalue weighted by molar-refractivity contribution is 6.35. The molecule has 0 aliphatic carbocycles. The largest absolute Gasteiger partial charge is 0.490 e. The molecule has 0 amide bonds. The molecule has 0 aromatic heterocycles. The van der Waals surface area contributed by atoms with Crippen LogP contribution in [0.3, 0.4) is 0 Å². The van der Waals surface area contributed by atoms with E-state index in [0.717, 1.165) is 18.4 Å². The van der Waals surface area contributed by atoms with Gasteiger partial charge in [0.1, 0.15) is 0 Å². The molecule has 0 radical (unpaired) electrons. The molecule has 0 saturated carbocycles. The first-order valence-electron chi connectivity index (χ1n) is 5.47. The van der Waals surface area contributed by atoms with Crippen molar-refractivity contribution in [3.8, 4) is 0 Å². The van der Waals surface area contributed by atoms with E-state index in [1.54, 1.807) is 18.2 Å². The van der Waals surface area contributed by atoms with Gasteiger partial charge in [-0.05, 0) is 36.6 Å². The van der Waals surface area contributed by atoms with Crippen LogP contribution in [0.25, 0.3) is 0 Å². The molecule has 90 valence electrons. The Labute approximate surface area is 110 Å². The molecule has 2 nitrogen and oxygen atoms in total. The second-order valence-corrected chi connectivity index (χ2v) is 4.74. The first-order valence-corrected chi connectivity index (χ1v) is 6.22. The number of ether oxygens (including phenoxy) is 1. The summed E-state index contributed by atoms with van der Waals surface area (Å²) in [6.45, 7) is 0.617. The predicted octanol–water partition coefficient (Wildman–Crippen LogP) is 3.80. The molecule has 1 heterocycles. The van der Waals surface area contributed by atoms with E-state index in [0.29, 0.717) is 22.4 Å². The fourth-order valence-electron chi connectivity index (χ4n) is 1.68. The van der Waals surface area contributed by atoms with Crippen LogP contribution in [0.15, 0.2) is 30.0 Å². The number of carbonyl (C=O) groups is 1. The van der Waals surface area contributed by atoms with Gasteiger partial charge >= 0.3 is 0 Å². The number of carbonyl (C=O) groups excluding carboxylic acids is 1. The summed E-state index contributed by atoms with van der Waals surface area (Å²) < 4.78 is 5.32. The Morgan fingerprint density at radius 1 is 1.35 bits per heavy atom. The average Bonchev–Trinajstić information content (AvgIpc) is 2.34. The van der Waals surface area contributed by atoms with Gasteiger partial charge in [0.05, 0.1) is 6.61 Å². The van der Waals surface area contributed by atoms with Crippen LogP contribution in [-0.2, 0) is 16.0 Å². The number of hydrogen-bond acceptors (Lipinski definition) is 2. The maximum Gasteiger partial charge on any atom is 0.201 e. The van der Waals surface area contributed by atoms with Gasteiger partial charge in [-0.2, -0.15) is 0 Å². The highest BCUT2D eigenvalue weighted by atomic mass is 35.5. The zero-order valence-electron chi connectivity index (χ0n) is 9.21. The summed E-state index contributed by atoms with van der Waals surface area (Å²) in [7, 11) is 0.